The van der Waals surface area contributed by atoms with Crippen LogP contribution in [0.5, 0.6) is 0 Å². The summed E-state index contributed by atoms with van der Waals surface area (Å²) in [5, 5.41) is 0. The SMILES string of the molecule is C/C=C\C(=C(/C)C(C)c1c(-c2ccccc2C)ccc(-c2ccccc2C)c1C)c1ccc(-c2ccccc2)cc1.C=C(C)C.C=C(C)C1=CC=CCC1.CC.CC.CC.CC(C)c1cccc(C2=CCCC(C3C=CC=CC3)=C2)c1. The average Bonchev–Trinajstić information content (AvgIpc) is 3.52. The molecule has 3 aliphatic rings. The van der Waals surface area contributed by atoms with E-state index >= 15 is 0 Å². The summed E-state index contributed by atoms with van der Waals surface area (Å²) in [5.74, 6) is 1.41. The molecule has 0 radical (unpaired) electrons. The smallest absolute Gasteiger partial charge is 0.00352 e. The second-order valence-electron chi connectivity index (χ2n) is 21.1. The van der Waals surface area contributed by atoms with Crippen molar-refractivity contribution in [3.8, 4) is 33.4 Å². The van der Waals surface area contributed by atoms with Crippen molar-refractivity contribution in [2.24, 2.45) is 5.92 Å². The van der Waals surface area contributed by atoms with Crippen molar-refractivity contribution in [2.75, 3.05) is 0 Å². The second-order valence-corrected chi connectivity index (χ2v) is 21.1. The molecule has 0 fully saturated rings. The van der Waals surface area contributed by atoms with Gasteiger partial charge in [-0.3, -0.25) is 0 Å². The minimum Gasteiger partial charge on any atom is -0.100 e. The van der Waals surface area contributed by atoms with Crippen molar-refractivity contribution in [2.45, 2.75) is 162 Å². The largest absolute Gasteiger partial charge is 0.100 e. The van der Waals surface area contributed by atoms with Crippen molar-refractivity contribution >= 4 is 11.1 Å². The van der Waals surface area contributed by atoms with E-state index in [1.165, 1.54) is 131 Å². The Morgan fingerprint density at radius 3 is 1.67 bits per heavy atom. The Morgan fingerprint density at radius 1 is 0.568 bits per heavy atom. The molecule has 0 aliphatic heterocycles. The molecule has 6 aromatic rings. The molecule has 6 aromatic carbocycles. The fourth-order valence-corrected chi connectivity index (χ4v) is 10.2. The third-order valence-corrected chi connectivity index (χ3v) is 14.6. The number of hydrogen-bond acceptors (Lipinski definition) is 0. The highest BCUT2D eigenvalue weighted by Crippen LogP contribution is 2.43. The molecule has 2 atom stereocenters. The Bertz CT molecular complexity index is 3140. The lowest BCUT2D eigenvalue weighted by molar-refractivity contribution is 0.713. The van der Waals surface area contributed by atoms with Gasteiger partial charge in [-0.25, -0.2) is 0 Å². The molecule has 0 spiro atoms. The van der Waals surface area contributed by atoms with Crippen molar-refractivity contribution in [3.05, 3.63) is 286 Å². The van der Waals surface area contributed by atoms with Crippen molar-refractivity contribution < 1.29 is 0 Å². The molecule has 0 amide bonds. The highest BCUT2D eigenvalue weighted by molar-refractivity contribution is 5.84. The van der Waals surface area contributed by atoms with E-state index in [2.05, 4.69) is 282 Å². The van der Waals surface area contributed by atoms with E-state index in [9.17, 15) is 0 Å². The highest BCUT2D eigenvalue weighted by Gasteiger charge is 2.23. The summed E-state index contributed by atoms with van der Waals surface area (Å²) in [6.07, 6.45) is 30.5. The molecule has 0 saturated heterocycles. The molecule has 0 N–H and O–H groups in total. The Balaban J connectivity index is 0.000000355. The van der Waals surface area contributed by atoms with Gasteiger partial charge in [-0.15, -0.1) is 6.58 Å². The number of hydrogen-bond donors (Lipinski definition) is 0. The summed E-state index contributed by atoms with van der Waals surface area (Å²) < 4.78 is 0. The second kappa shape index (κ2) is 36.9. The lowest BCUT2D eigenvalue weighted by atomic mass is 9.78. The zero-order valence-electron chi connectivity index (χ0n) is 53.3. The van der Waals surface area contributed by atoms with Crippen LogP contribution >= 0.6 is 0 Å². The molecule has 3 aliphatic carbocycles. The van der Waals surface area contributed by atoms with Crippen LogP contribution in [0.4, 0.5) is 0 Å². The van der Waals surface area contributed by atoms with Gasteiger partial charge in [0.1, 0.15) is 0 Å². The highest BCUT2D eigenvalue weighted by atomic mass is 14.3. The first-order valence-electron chi connectivity index (χ1n) is 30.4. The van der Waals surface area contributed by atoms with Gasteiger partial charge in [0.15, 0.2) is 0 Å². The number of rotatable bonds is 11. The van der Waals surface area contributed by atoms with Crippen LogP contribution in [0.3, 0.4) is 0 Å². The van der Waals surface area contributed by atoms with Crippen molar-refractivity contribution in [3.63, 3.8) is 0 Å². The van der Waals surface area contributed by atoms with E-state index in [-0.39, 0.29) is 5.92 Å². The predicted octanol–water partition coefficient (Wildman–Crippen LogP) is 25.3. The molecule has 2 unspecified atom stereocenters. The van der Waals surface area contributed by atoms with E-state index in [0.717, 1.165) is 6.42 Å². The predicted molar refractivity (Wildman–Crippen MR) is 367 cm³/mol. The lowest BCUT2D eigenvalue weighted by Crippen LogP contribution is -2.06. The first kappa shape index (κ1) is 68.0. The average molecular weight is 1080 g/mol. The van der Waals surface area contributed by atoms with Gasteiger partial charge in [-0.2, -0.15) is 0 Å². The summed E-state index contributed by atoms with van der Waals surface area (Å²) in [6, 6.07) is 50.8. The maximum Gasteiger partial charge on any atom is 0.00352 e. The van der Waals surface area contributed by atoms with E-state index < -0.39 is 0 Å². The van der Waals surface area contributed by atoms with Crippen LogP contribution < -0.4 is 0 Å². The summed E-state index contributed by atoms with van der Waals surface area (Å²) in [4.78, 5) is 0. The molecule has 0 heteroatoms. The fourth-order valence-electron chi connectivity index (χ4n) is 10.2. The molecule has 0 aromatic heterocycles. The normalized spacial score (nSPS) is 14.5. The van der Waals surface area contributed by atoms with Crippen LogP contribution in [0.25, 0.3) is 44.5 Å². The standard InChI is InChI=1S/C41H40.C21H24.C9H12.C4H8.3C2H6/c1-7-15-38(35-24-22-34(23-25-35)33-18-9-8-10-19-33)30(4)31(5)41-32(6)39(36-20-13-11-16-28(36)2)26-27-40(41)37-21-14-12-17-29(37)3;1-16(2)18-10-6-12-20(14-18)21-13-7-11-19(15-21)17-8-4-3-5-9-17;1-8(2)9-6-4-3-5-7-9;1-4(2)3;3*1-2/h7-27,31H,1-6H3;3-6,8,10,12-17H,7,9,11H2,1-2H3;3-4,6H,1,5,7H2,2H3;1H2,2-3H3;3*1-2H3/b15-7-,38-30-;;;;;;. The summed E-state index contributed by atoms with van der Waals surface area (Å²) in [5.41, 5.74) is 26.6. The minimum absolute atomic E-state index is 0.216. The first-order valence-corrected chi connectivity index (χ1v) is 30.4. The first-order chi connectivity index (χ1) is 39.2. The van der Waals surface area contributed by atoms with Gasteiger partial charge in [0, 0.05) is 11.8 Å². The summed E-state index contributed by atoms with van der Waals surface area (Å²) >= 11 is 0. The fraction of sp³-hybridized carbons (Fsp3) is 0.309. The van der Waals surface area contributed by atoms with Gasteiger partial charge in [0.05, 0.1) is 0 Å². The van der Waals surface area contributed by atoms with E-state index in [1.807, 2.05) is 55.4 Å². The van der Waals surface area contributed by atoms with E-state index in [1.54, 1.807) is 5.57 Å². The van der Waals surface area contributed by atoms with Crippen LogP contribution in [0.15, 0.2) is 247 Å². The van der Waals surface area contributed by atoms with Gasteiger partial charge < -0.3 is 0 Å². The molecule has 426 valence electrons. The molecular weight excluding hydrogens is 973 g/mol. The molecule has 0 nitrogen and oxygen atoms in total. The lowest BCUT2D eigenvalue weighted by Gasteiger charge is -2.25. The molecule has 81 heavy (non-hydrogen) atoms. The number of benzene rings is 6. The zero-order chi connectivity index (χ0) is 59.9. The third-order valence-electron chi connectivity index (χ3n) is 14.6. The van der Waals surface area contributed by atoms with Crippen molar-refractivity contribution in [1.82, 2.24) is 0 Å². The Hall–Kier alpha value is -7.28. The van der Waals surface area contributed by atoms with Crippen LogP contribution in [0.2, 0.25) is 0 Å². The molecule has 9 rings (SSSR count). The van der Waals surface area contributed by atoms with E-state index in [4.69, 9.17) is 0 Å². The van der Waals surface area contributed by atoms with Gasteiger partial charge in [0.2, 0.25) is 0 Å². The van der Waals surface area contributed by atoms with Gasteiger partial charge in [0.25, 0.3) is 0 Å². The number of allylic oxidation sites excluding steroid dienone is 18. The molecule has 0 heterocycles. The Labute approximate surface area is 495 Å². The molecule has 0 saturated carbocycles. The maximum absolute atomic E-state index is 3.88. The Kier molecular flexibility index (Phi) is 31.0. The summed E-state index contributed by atoms with van der Waals surface area (Å²) in [6.45, 7) is 43.5. The molecular formula is C81H102. The summed E-state index contributed by atoms with van der Waals surface area (Å²) in [7, 11) is 0. The Morgan fingerprint density at radius 2 is 1.14 bits per heavy atom. The maximum atomic E-state index is 3.88. The van der Waals surface area contributed by atoms with E-state index in [0.29, 0.717) is 11.8 Å². The van der Waals surface area contributed by atoms with Gasteiger partial charge >= 0.3 is 0 Å². The third kappa shape index (κ3) is 20.6. The number of aryl methyl sites for hydroxylation is 2. The topological polar surface area (TPSA) is 0 Å². The van der Waals surface area contributed by atoms with Crippen LogP contribution in [-0.4, -0.2) is 0 Å². The molecule has 0 bridgehead atoms. The minimum atomic E-state index is 0.216. The van der Waals surface area contributed by atoms with Gasteiger partial charge in [-0.05, 0) is 182 Å². The quantitative estimate of drug-likeness (QED) is 0.0896. The van der Waals surface area contributed by atoms with Crippen LogP contribution in [0, 0.1) is 26.7 Å². The van der Waals surface area contributed by atoms with Gasteiger partial charge in [-0.1, -0.05) is 298 Å². The van der Waals surface area contributed by atoms with Crippen LogP contribution in [0.1, 0.15) is 180 Å². The zero-order valence-corrected chi connectivity index (χ0v) is 53.3. The van der Waals surface area contributed by atoms with Crippen molar-refractivity contribution in [1.29, 1.82) is 0 Å². The van der Waals surface area contributed by atoms with Crippen LogP contribution in [-0.2, 0) is 0 Å². The monoisotopic (exact) mass is 1070 g/mol.